The van der Waals surface area contributed by atoms with Crippen LogP contribution in [0.1, 0.15) is 20.3 Å². The minimum Gasteiger partial charge on any atom is -0.343 e. The van der Waals surface area contributed by atoms with E-state index in [2.05, 4.69) is 5.32 Å². The first-order chi connectivity index (χ1) is 8.95. The number of nitrogens with zero attached hydrogens (tertiary/aromatic N) is 1. The zero-order chi connectivity index (χ0) is 14.2. The highest BCUT2D eigenvalue weighted by Gasteiger charge is 2.38. The number of hydrogen-bond donors (Lipinski definition) is 1. The number of carbonyl (C=O) groups excluding carboxylic acids is 2. The molecule has 1 aliphatic rings. The van der Waals surface area contributed by atoms with Crippen molar-refractivity contribution in [3.63, 3.8) is 0 Å². The Bertz CT molecular complexity index is 533. The molecular weight excluding hydrogens is 287 g/mol. The molecule has 102 valence electrons. The number of carbonyl (C=O) groups is 2. The van der Waals surface area contributed by atoms with Gasteiger partial charge in [-0.1, -0.05) is 30.1 Å². The summed E-state index contributed by atoms with van der Waals surface area (Å²) in [6, 6.07) is 3.77. The Morgan fingerprint density at radius 2 is 2.00 bits per heavy atom. The summed E-state index contributed by atoms with van der Waals surface area (Å²) in [4.78, 5) is 25.7. The van der Waals surface area contributed by atoms with Crippen molar-refractivity contribution in [3.8, 4) is 0 Å². The van der Waals surface area contributed by atoms with Gasteiger partial charge >= 0.3 is 0 Å². The number of rotatable bonds is 2. The Morgan fingerprint density at radius 1 is 1.32 bits per heavy atom. The Kier molecular flexibility index (Phi) is 4.02. The van der Waals surface area contributed by atoms with Crippen LogP contribution in [0.2, 0.25) is 10.0 Å². The molecule has 0 aliphatic carbocycles. The summed E-state index contributed by atoms with van der Waals surface area (Å²) < 4.78 is 0. The summed E-state index contributed by atoms with van der Waals surface area (Å²) in [6.07, 6.45) is 0.541. The van der Waals surface area contributed by atoms with Gasteiger partial charge < -0.3 is 5.32 Å². The van der Waals surface area contributed by atoms with E-state index in [0.29, 0.717) is 22.2 Å². The van der Waals surface area contributed by atoms with Gasteiger partial charge in [-0.25, -0.2) is 0 Å². The molecule has 4 nitrogen and oxygen atoms in total. The normalized spacial score (nSPS) is 23.5. The molecule has 1 aromatic carbocycles. The standard InChI is InChI=1S/C13H14Cl2N2O2/c1-3-10-13(19)17(7(2)12(18)16-10)11-5-4-8(14)6-9(11)15/h4-7,10H,3H2,1-2H3,(H,16,18). The molecule has 1 saturated heterocycles. The van der Waals surface area contributed by atoms with Gasteiger partial charge in [-0.05, 0) is 31.5 Å². The van der Waals surface area contributed by atoms with E-state index in [1.54, 1.807) is 25.1 Å². The molecule has 1 fully saturated rings. The van der Waals surface area contributed by atoms with Crippen LogP contribution in [0.25, 0.3) is 0 Å². The van der Waals surface area contributed by atoms with E-state index in [1.165, 1.54) is 4.90 Å². The molecule has 0 saturated carbocycles. The van der Waals surface area contributed by atoms with Gasteiger partial charge in [0.05, 0.1) is 10.7 Å². The van der Waals surface area contributed by atoms with Crippen LogP contribution in [-0.2, 0) is 9.59 Å². The average molecular weight is 301 g/mol. The number of halogens is 2. The van der Waals surface area contributed by atoms with Crippen LogP contribution in [0.4, 0.5) is 5.69 Å². The van der Waals surface area contributed by atoms with E-state index in [4.69, 9.17) is 23.2 Å². The van der Waals surface area contributed by atoms with Gasteiger partial charge in [0.25, 0.3) is 0 Å². The number of amides is 2. The first-order valence-electron chi connectivity index (χ1n) is 6.04. The first kappa shape index (κ1) is 14.2. The summed E-state index contributed by atoms with van der Waals surface area (Å²) in [5, 5.41) is 3.54. The molecule has 2 unspecified atom stereocenters. The van der Waals surface area contributed by atoms with E-state index in [0.717, 1.165) is 0 Å². The van der Waals surface area contributed by atoms with Crippen LogP contribution in [0.3, 0.4) is 0 Å². The minimum absolute atomic E-state index is 0.154. The Labute approximate surface area is 121 Å². The zero-order valence-electron chi connectivity index (χ0n) is 10.6. The zero-order valence-corrected chi connectivity index (χ0v) is 12.1. The molecule has 0 aromatic heterocycles. The Morgan fingerprint density at radius 3 is 2.58 bits per heavy atom. The maximum atomic E-state index is 12.4. The maximum absolute atomic E-state index is 12.4. The van der Waals surface area contributed by atoms with Crippen molar-refractivity contribution in [1.82, 2.24) is 5.32 Å². The Hall–Kier alpha value is -1.26. The number of nitrogens with one attached hydrogen (secondary N) is 1. The molecule has 1 aliphatic heterocycles. The van der Waals surface area contributed by atoms with Crippen LogP contribution in [-0.4, -0.2) is 23.9 Å². The third-order valence-electron chi connectivity index (χ3n) is 3.20. The van der Waals surface area contributed by atoms with E-state index in [1.807, 2.05) is 6.92 Å². The molecule has 0 radical (unpaired) electrons. The van der Waals surface area contributed by atoms with Gasteiger partial charge in [-0.3, -0.25) is 14.5 Å². The Balaban J connectivity index is 2.45. The number of anilines is 1. The number of benzene rings is 1. The molecule has 2 atom stereocenters. The van der Waals surface area contributed by atoms with Crippen LogP contribution in [0.15, 0.2) is 18.2 Å². The predicted molar refractivity (Wildman–Crippen MR) is 75.6 cm³/mol. The maximum Gasteiger partial charge on any atom is 0.250 e. The second-order valence-electron chi connectivity index (χ2n) is 4.45. The fraction of sp³-hybridized carbons (Fsp3) is 0.385. The number of hydrogen-bond acceptors (Lipinski definition) is 2. The molecule has 19 heavy (non-hydrogen) atoms. The first-order valence-corrected chi connectivity index (χ1v) is 6.79. The SMILES string of the molecule is CCC1NC(=O)C(C)N(c2ccc(Cl)cc2Cl)C1=O. The largest absolute Gasteiger partial charge is 0.343 e. The van der Waals surface area contributed by atoms with Crippen molar-refractivity contribution >= 4 is 40.7 Å². The van der Waals surface area contributed by atoms with Crippen LogP contribution in [0.5, 0.6) is 0 Å². The van der Waals surface area contributed by atoms with Crippen molar-refractivity contribution in [3.05, 3.63) is 28.2 Å². The summed E-state index contributed by atoms with van der Waals surface area (Å²) >= 11 is 12.0. The van der Waals surface area contributed by atoms with Crippen LogP contribution >= 0.6 is 23.2 Å². The van der Waals surface area contributed by atoms with E-state index in [9.17, 15) is 9.59 Å². The van der Waals surface area contributed by atoms with Gasteiger partial charge in [-0.15, -0.1) is 0 Å². The summed E-state index contributed by atoms with van der Waals surface area (Å²) in [7, 11) is 0. The molecule has 1 N–H and O–H groups in total. The van der Waals surface area contributed by atoms with Crippen molar-refractivity contribution in [2.24, 2.45) is 0 Å². The van der Waals surface area contributed by atoms with Crippen molar-refractivity contribution in [1.29, 1.82) is 0 Å². The van der Waals surface area contributed by atoms with Gasteiger partial charge in [0, 0.05) is 5.02 Å². The molecule has 2 rings (SSSR count). The third kappa shape index (κ3) is 2.55. The monoisotopic (exact) mass is 300 g/mol. The lowest BCUT2D eigenvalue weighted by Gasteiger charge is -2.37. The molecule has 0 spiro atoms. The molecule has 2 amide bonds. The minimum atomic E-state index is -0.589. The second kappa shape index (κ2) is 5.39. The van der Waals surface area contributed by atoms with E-state index < -0.39 is 12.1 Å². The van der Waals surface area contributed by atoms with Gasteiger partial charge in [0.2, 0.25) is 11.8 Å². The topological polar surface area (TPSA) is 49.4 Å². The van der Waals surface area contributed by atoms with Crippen molar-refractivity contribution in [2.45, 2.75) is 32.4 Å². The fourth-order valence-corrected chi connectivity index (χ4v) is 2.61. The number of piperazine rings is 1. The fourth-order valence-electron chi connectivity index (χ4n) is 2.11. The quantitative estimate of drug-likeness (QED) is 0.913. The van der Waals surface area contributed by atoms with Crippen molar-refractivity contribution in [2.75, 3.05) is 4.90 Å². The van der Waals surface area contributed by atoms with Crippen LogP contribution in [0, 0.1) is 0 Å². The second-order valence-corrected chi connectivity index (χ2v) is 5.29. The summed E-state index contributed by atoms with van der Waals surface area (Å²) in [6.45, 7) is 3.52. The summed E-state index contributed by atoms with van der Waals surface area (Å²) in [5.74, 6) is -0.337. The molecule has 1 aromatic rings. The smallest absolute Gasteiger partial charge is 0.250 e. The molecular formula is C13H14Cl2N2O2. The average Bonchev–Trinajstić information content (AvgIpc) is 2.36. The highest BCUT2D eigenvalue weighted by atomic mass is 35.5. The molecule has 0 bridgehead atoms. The summed E-state index contributed by atoms with van der Waals surface area (Å²) in [5.41, 5.74) is 0.511. The van der Waals surface area contributed by atoms with Crippen LogP contribution < -0.4 is 10.2 Å². The van der Waals surface area contributed by atoms with Gasteiger partial charge in [0.15, 0.2) is 0 Å². The van der Waals surface area contributed by atoms with E-state index in [-0.39, 0.29) is 11.8 Å². The predicted octanol–water partition coefficient (Wildman–Crippen LogP) is 2.62. The van der Waals surface area contributed by atoms with Gasteiger partial charge in [-0.2, -0.15) is 0 Å². The van der Waals surface area contributed by atoms with Crippen molar-refractivity contribution < 1.29 is 9.59 Å². The lowest BCUT2D eigenvalue weighted by molar-refractivity contribution is -0.133. The highest BCUT2D eigenvalue weighted by Crippen LogP contribution is 2.32. The lowest BCUT2D eigenvalue weighted by atomic mass is 10.1. The lowest BCUT2D eigenvalue weighted by Crippen LogP contribution is -2.62. The molecule has 1 heterocycles. The molecule has 6 heteroatoms. The van der Waals surface area contributed by atoms with E-state index >= 15 is 0 Å². The van der Waals surface area contributed by atoms with Gasteiger partial charge in [0.1, 0.15) is 12.1 Å². The highest BCUT2D eigenvalue weighted by molar-refractivity contribution is 6.37. The third-order valence-corrected chi connectivity index (χ3v) is 3.73.